The van der Waals surface area contributed by atoms with E-state index in [9.17, 15) is 0 Å². The minimum Gasteiger partial charge on any atom is -0.456 e. The molecule has 0 atom stereocenters. The van der Waals surface area contributed by atoms with E-state index in [1.54, 1.807) is 0 Å². The van der Waals surface area contributed by atoms with Crippen LogP contribution in [0.4, 0.5) is 0 Å². The van der Waals surface area contributed by atoms with Gasteiger partial charge < -0.3 is 4.42 Å². The van der Waals surface area contributed by atoms with Gasteiger partial charge in [0.25, 0.3) is 0 Å². The van der Waals surface area contributed by atoms with Crippen molar-refractivity contribution in [1.82, 2.24) is 0 Å². The summed E-state index contributed by atoms with van der Waals surface area (Å²) in [6, 6.07) is 79.9. The van der Waals surface area contributed by atoms with Gasteiger partial charge in [-0.3, -0.25) is 0 Å². The van der Waals surface area contributed by atoms with Gasteiger partial charge in [0.1, 0.15) is 11.2 Å². The fourth-order valence-electron chi connectivity index (χ4n) is 10.4. The molecular weight excluding hydrogens is 737 g/mol. The van der Waals surface area contributed by atoms with Gasteiger partial charge in [-0.15, -0.1) is 0 Å². The Morgan fingerprint density at radius 3 is 0.852 bits per heavy atom. The Balaban J connectivity index is 1.02. The molecule has 0 N–H and O–H groups in total. The van der Waals surface area contributed by atoms with E-state index in [1.165, 1.54) is 109 Å². The summed E-state index contributed by atoms with van der Waals surface area (Å²) in [5, 5.41) is 17.0. The summed E-state index contributed by atoms with van der Waals surface area (Å²) in [6.45, 7) is 0. The zero-order valence-electron chi connectivity index (χ0n) is 33.2. The largest absolute Gasteiger partial charge is 0.456 e. The van der Waals surface area contributed by atoms with Crippen LogP contribution in [0.25, 0.3) is 131 Å². The van der Waals surface area contributed by atoms with E-state index in [0.717, 1.165) is 21.9 Å². The highest BCUT2D eigenvalue weighted by Crippen LogP contribution is 2.46. The SMILES string of the molecule is c1ccc2c(-c3ccc(-c4ccc5oc6ccc(-c7ccc(-c8cccc9ccccc89)c8ccccc78)c7cccc(c8cccc4c58)c67)c4ccccc34)cccc2c1. The van der Waals surface area contributed by atoms with Crippen LogP contribution in [0, 0.1) is 0 Å². The van der Waals surface area contributed by atoms with Gasteiger partial charge in [-0.1, -0.05) is 206 Å². The summed E-state index contributed by atoms with van der Waals surface area (Å²) in [4.78, 5) is 0. The van der Waals surface area contributed by atoms with Crippen LogP contribution < -0.4 is 0 Å². The predicted octanol–water partition coefficient (Wildman–Crippen LogP) is 17.2. The lowest BCUT2D eigenvalue weighted by Crippen LogP contribution is -1.89. The zero-order valence-corrected chi connectivity index (χ0v) is 33.2. The third-order valence-corrected chi connectivity index (χ3v) is 13.1. The molecule has 13 aromatic rings. The molecule has 13 rings (SSSR count). The molecule has 0 aliphatic heterocycles. The lowest BCUT2D eigenvalue weighted by atomic mass is 9.87. The van der Waals surface area contributed by atoms with Gasteiger partial charge in [0.2, 0.25) is 0 Å². The van der Waals surface area contributed by atoms with Crippen LogP contribution in [-0.2, 0) is 0 Å². The summed E-state index contributed by atoms with van der Waals surface area (Å²) < 4.78 is 7.04. The molecule has 282 valence electrons. The van der Waals surface area contributed by atoms with E-state index in [-0.39, 0.29) is 0 Å². The Labute approximate surface area is 352 Å². The first-order chi connectivity index (χ1) is 30.3. The van der Waals surface area contributed by atoms with Crippen LogP contribution in [0.15, 0.2) is 223 Å². The van der Waals surface area contributed by atoms with Crippen LogP contribution >= 0.6 is 0 Å². The Bertz CT molecular complexity index is 3670. The van der Waals surface area contributed by atoms with E-state index >= 15 is 0 Å². The summed E-state index contributed by atoms with van der Waals surface area (Å²) in [7, 11) is 0. The molecule has 61 heavy (non-hydrogen) atoms. The molecule has 1 aromatic heterocycles. The summed E-state index contributed by atoms with van der Waals surface area (Å²) >= 11 is 0. The van der Waals surface area contributed by atoms with E-state index in [0.29, 0.717) is 0 Å². The van der Waals surface area contributed by atoms with Crippen molar-refractivity contribution in [2.75, 3.05) is 0 Å². The standard InChI is InChI=1S/C60H36O/c1-3-17-39-37(13-1)15-9-23-41(39)47-29-31-49(45-21-7-5-19-43(45)47)51-33-35-57-59-53(51)25-11-27-55(59)56-28-12-26-54-52(34-36-58(61-57)60(54)56)50-32-30-48(44-20-6-8-22-46(44)50)42-24-10-16-38-14-2-4-18-40(38)42/h1-36H. The lowest BCUT2D eigenvalue weighted by Gasteiger charge is -2.16. The molecule has 0 spiro atoms. The second kappa shape index (κ2) is 13.3. The lowest BCUT2D eigenvalue weighted by molar-refractivity contribution is 0.664. The molecule has 12 aromatic carbocycles. The molecule has 1 heteroatoms. The van der Waals surface area contributed by atoms with Crippen molar-refractivity contribution in [2.45, 2.75) is 0 Å². The summed E-state index contributed by atoms with van der Waals surface area (Å²) in [6.07, 6.45) is 0. The average molecular weight is 773 g/mol. The number of hydrogen-bond acceptors (Lipinski definition) is 1. The fraction of sp³-hybridized carbons (Fsp3) is 0. The van der Waals surface area contributed by atoms with Crippen LogP contribution in [0.5, 0.6) is 0 Å². The minimum absolute atomic E-state index is 0.876. The first-order valence-corrected chi connectivity index (χ1v) is 21.1. The van der Waals surface area contributed by atoms with Gasteiger partial charge in [-0.05, 0) is 121 Å². The molecule has 0 aliphatic rings. The second-order valence-electron chi connectivity index (χ2n) is 16.2. The van der Waals surface area contributed by atoms with Gasteiger partial charge in [0, 0.05) is 10.8 Å². The second-order valence-corrected chi connectivity index (χ2v) is 16.2. The first-order valence-electron chi connectivity index (χ1n) is 21.1. The Kier molecular flexibility index (Phi) is 7.37. The molecule has 0 bridgehead atoms. The number of rotatable bonds is 4. The van der Waals surface area contributed by atoms with Crippen LogP contribution in [0.2, 0.25) is 0 Å². The molecular formula is C60H36O. The third kappa shape index (κ3) is 5.08. The van der Waals surface area contributed by atoms with Crippen molar-refractivity contribution in [1.29, 1.82) is 0 Å². The van der Waals surface area contributed by atoms with Crippen molar-refractivity contribution in [2.24, 2.45) is 0 Å². The normalized spacial score (nSPS) is 11.9. The third-order valence-electron chi connectivity index (χ3n) is 13.1. The topological polar surface area (TPSA) is 13.1 Å². The molecule has 0 saturated carbocycles. The van der Waals surface area contributed by atoms with Crippen molar-refractivity contribution in [3.05, 3.63) is 218 Å². The zero-order chi connectivity index (χ0) is 40.0. The maximum Gasteiger partial charge on any atom is 0.135 e. The quantitative estimate of drug-likeness (QED) is 0.174. The number of fused-ring (bicyclic) bond motifs is 5. The molecule has 0 fully saturated rings. The average Bonchev–Trinajstić information content (AvgIpc) is 3.47. The maximum atomic E-state index is 7.04. The van der Waals surface area contributed by atoms with Gasteiger partial charge in [0.05, 0.1) is 0 Å². The van der Waals surface area contributed by atoms with E-state index < -0.39 is 0 Å². The monoisotopic (exact) mass is 772 g/mol. The number of hydrogen-bond donors (Lipinski definition) is 0. The molecule has 1 nitrogen and oxygen atoms in total. The predicted molar refractivity (Wildman–Crippen MR) is 260 cm³/mol. The number of benzene rings is 12. The molecule has 0 unspecified atom stereocenters. The molecule has 1 heterocycles. The molecule has 0 amide bonds. The van der Waals surface area contributed by atoms with Crippen molar-refractivity contribution in [3.8, 4) is 44.5 Å². The Morgan fingerprint density at radius 1 is 0.180 bits per heavy atom. The Morgan fingerprint density at radius 2 is 0.443 bits per heavy atom. The molecule has 0 radical (unpaired) electrons. The highest BCUT2D eigenvalue weighted by molar-refractivity contribution is 6.27. The summed E-state index contributed by atoms with van der Waals surface area (Å²) in [5.74, 6) is 0. The Hall–Kier alpha value is -8.00. The minimum atomic E-state index is 0.876. The van der Waals surface area contributed by atoms with Crippen molar-refractivity contribution >= 4 is 86.6 Å². The van der Waals surface area contributed by atoms with Crippen LogP contribution in [0.1, 0.15) is 0 Å². The van der Waals surface area contributed by atoms with Gasteiger partial charge >= 0.3 is 0 Å². The molecule has 0 aliphatic carbocycles. The van der Waals surface area contributed by atoms with Gasteiger partial charge in [-0.2, -0.15) is 0 Å². The van der Waals surface area contributed by atoms with E-state index in [1.807, 2.05) is 0 Å². The van der Waals surface area contributed by atoms with Gasteiger partial charge in [-0.25, -0.2) is 0 Å². The fourth-order valence-corrected chi connectivity index (χ4v) is 10.4. The van der Waals surface area contributed by atoms with Gasteiger partial charge in [0.15, 0.2) is 0 Å². The van der Waals surface area contributed by atoms with Crippen LogP contribution in [-0.4, -0.2) is 0 Å². The molecule has 0 saturated heterocycles. The maximum absolute atomic E-state index is 7.04. The van der Waals surface area contributed by atoms with Crippen LogP contribution in [0.3, 0.4) is 0 Å². The highest BCUT2D eigenvalue weighted by atomic mass is 16.3. The van der Waals surface area contributed by atoms with Crippen molar-refractivity contribution < 1.29 is 4.42 Å². The first kappa shape index (κ1) is 33.9. The summed E-state index contributed by atoms with van der Waals surface area (Å²) in [5.41, 5.74) is 11.6. The smallest absolute Gasteiger partial charge is 0.135 e. The van der Waals surface area contributed by atoms with Crippen molar-refractivity contribution in [3.63, 3.8) is 0 Å². The van der Waals surface area contributed by atoms with E-state index in [2.05, 4.69) is 218 Å². The van der Waals surface area contributed by atoms with E-state index in [4.69, 9.17) is 4.42 Å². The highest BCUT2D eigenvalue weighted by Gasteiger charge is 2.19.